The summed E-state index contributed by atoms with van der Waals surface area (Å²) < 4.78 is 1.78. The molecule has 0 saturated heterocycles. The number of amides is 2. The Morgan fingerprint density at radius 2 is 1.88 bits per heavy atom. The Morgan fingerprint density at radius 3 is 2.54 bits per heavy atom. The number of anilines is 1. The normalized spacial score (nSPS) is 14.4. The molecule has 2 N–H and O–H groups in total. The van der Waals surface area contributed by atoms with Gasteiger partial charge in [-0.25, -0.2) is 0 Å². The van der Waals surface area contributed by atoms with Crippen LogP contribution in [0.15, 0.2) is 24.3 Å². The number of benzene rings is 1. The average molecular weight is 354 g/mol. The molecule has 0 radical (unpaired) electrons. The van der Waals surface area contributed by atoms with E-state index in [0.717, 1.165) is 42.6 Å². The highest BCUT2D eigenvalue weighted by Crippen LogP contribution is 2.21. The van der Waals surface area contributed by atoms with Gasteiger partial charge in [0.2, 0.25) is 5.91 Å². The summed E-state index contributed by atoms with van der Waals surface area (Å²) in [5, 5.41) is 10.3. The van der Waals surface area contributed by atoms with Crippen molar-refractivity contribution in [2.24, 2.45) is 7.05 Å². The molecular formula is C20H26N4O2. The van der Waals surface area contributed by atoms with Crippen LogP contribution >= 0.6 is 0 Å². The maximum atomic E-state index is 12.6. The Balaban J connectivity index is 1.71. The molecule has 1 heterocycles. The number of carbonyl (C=O) groups excluding carboxylic acids is 2. The van der Waals surface area contributed by atoms with E-state index in [1.165, 1.54) is 0 Å². The van der Waals surface area contributed by atoms with E-state index in [1.807, 2.05) is 33.0 Å². The maximum Gasteiger partial charge on any atom is 0.253 e. The van der Waals surface area contributed by atoms with E-state index in [1.54, 1.807) is 16.8 Å². The van der Waals surface area contributed by atoms with E-state index in [2.05, 4.69) is 15.7 Å². The molecule has 0 bridgehead atoms. The highest BCUT2D eigenvalue weighted by molar-refractivity contribution is 6.04. The molecule has 0 atom stereocenters. The van der Waals surface area contributed by atoms with Gasteiger partial charge in [-0.3, -0.25) is 14.3 Å². The number of aromatic nitrogens is 2. The van der Waals surface area contributed by atoms with Crippen molar-refractivity contribution in [1.29, 1.82) is 0 Å². The molecule has 138 valence electrons. The van der Waals surface area contributed by atoms with Gasteiger partial charge in [-0.1, -0.05) is 25.0 Å². The van der Waals surface area contributed by atoms with Crippen LogP contribution in [0.5, 0.6) is 0 Å². The molecule has 3 rings (SSSR count). The fourth-order valence-electron chi connectivity index (χ4n) is 3.55. The second-order valence-corrected chi connectivity index (χ2v) is 7.00. The Kier molecular flexibility index (Phi) is 5.40. The van der Waals surface area contributed by atoms with Crippen LogP contribution in [0.25, 0.3) is 0 Å². The third-order valence-corrected chi connectivity index (χ3v) is 5.13. The number of carbonyl (C=O) groups is 2. The number of hydrogen-bond acceptors (Lipinski definition) is 3. The monoisotopic (exact) mass is 354 g/mol. The molecular weight excluding hydrogens is 328 g/mol. The minimum absolute atomic E-state index is 0.124. The highest BCUT2D eigenvalue weighted by atomic mass is 16.2. The van der Waals surface area contributed by atoms with Crippen molar-refractivity contribution < 1.29 is 9.59 Å². The van der Waals surface area contributed by atoms with Crippen molar-refractivity contribution in [3.05, 3.63) is 46.8 Å². The third kappa shape index (κ3) is 3.95. The SMILES string of the molecule is Cc1nn(C)c(C)c1CC(=O)Nc1ccccc1C(=O)NC1CCCC1. The summed E-state index contributed by atoms with van der Waals surface area (Å²) >= 11 is 0. The number of aryl methyl sites for hydroxylation is 2. The van der Waals surface area contributed by atoms with E-state index >= 15 is 0 Å². The average Bonchev–Trinajstić information content (AvgIpc) is 3.19. The topological polar surface area (TPSA) is 76.0 Å². The van der Waals surface area contributed by atoms with Crippen molar-refractivity contribution in [3.63, 3.8) is 0 Å². The van der Waals surface area contributed by atoms with Gasteiger partial charge in [0, 0.05) is 24.3 Å². The molecule has 1 saturated carbocycles. The van der Waals surface area contributed by atoms with E-state index in [-0.39, 0.29) is 24.3 Å². The van der Waals surface area contributed by atoms with Crippen LogP contribution in [0.3, 0.4) is 0 Å². The first-order valence-corrected chi connectivity index (χ1v) is 9.14. The first-order chi connectivity index (χ1) is 12.5. The number of nitrogens with zero attached hydrogens (tertiary/aromatic N) is 2. The zero-order valence-corrected chi connectivity index (χ0v) is 15.6. The Bertz CT molecular complexity index is 819. The van der Waals surface area contributed by atoms with Gasteiger partial charge in [-0.15, -0.1) is 0 Å². The van der Waals surface area contributed by atoms with Gasteiger partial charge in [-0.2, -0.15) is 5.10 Å². The summed E-state index contributed by atoms with van der Waals surface area (Å²) in [6, 6.07) is 7.40. The molecule has 26 heavy (non-hydrogen) atoms. The van der Waals surface area contributed by atoms with Gasteiger partial charge in [0.1, 0.15) is 0 Å². The van der Waals surface area contributed by atoms with Crippen molar-refractivity contribution in [2.75, 3.05) is 5.32 Å². The summed E-state index contributed by atoms with van der Waals surface area (Å²) in [4.78, 5) is 25.1. The lowest BCUT2D eigenvalue weighted by Crippen LogP contribution is -2.33. The number of nitrogens with one attached hydrogen (secondary N) is 2. The Hall–Kier alpha value is -2.63. The maximum absolute atomic E-state index is 12.6. The Morgan fingerprint density at radius 1 is 1.19 bits per heavy atom. The van der Waals surface area contributed by atoms with E-state index in [9.17, 15) is 9.59 Å². The summed E-state index contributed by atoms with van der Waals surface area (Å²) in [6.07, 6.45) is 4.62. The smallest absolute Gasteiger partial charge is 0.253 e. The zero-order chi connectivity index (χ0) is 18.7. The first-order valence-electron chi connectivity index (χ1n) is 9.14. The lowest BCUT2D eigenvalue weighted by atomic mass is 10.1. The molecule has 6 nitrogen and oxygen atoms in total. The van der Waals surface area contributed by atoms with Crippen molar-refractivity contribution in [1.82, 2.24) is 15.1 Å². The van der Waals surface area contributed by atoms with Gasteiger partial charge in [0.05, 0.1) is 23.4 Å². The summed E-state index contributed by atoms with van der Waals surface area (Å²) in [5.41, 5.74) is 3.81. The van der Waals surface area contributed by atoms with Gasteiger partial charge in [-0.05, 0) is 38.8 Å². The third-order valence-electron chi connectivity index (χ3n) is 5.13. The lowest BCUT2D eigenvalue weighted by Gasteiger charge is -2.15. The first kappa shape index (κ1) is 18.2. The van der Waals surface area contributed by atoms with Crippen LogP contribution in [-0.4, -0.2) is 27.6 Å². The van der Waals surface area contributed by atoms with Crippen molar-refractivity contribution in [2.45, 2.75) is 52.0 Å². The number of hydrogen-bond donors (Lipinski definition) is 2. The van der Waals surface area contributed by atoms with Crippen LogP contribution in [0, 0.1) is 13.8 Å². The molecule has 1 aromatic heterocycles. The quantitative estimate of drug-likeness (QED) is 0.867. The van der Waals surface area contributed by atoms with Gasteiger partial charge >= 0.3 is 0 Å². The predicted octanol–water partition coefficient (Wildman–Crippen LogP) is 2.89. The zero-order valence-electron chi connectivity index (χ0n) is 15.6. The standard InChI is InChI=1S/C20H26N4O2/c1-13-17(14(2)24(3)23-13)12-19(25)22-18-11-7-6-10-16(18)20(26)21-15-8-4-5-9-15/h6-7,10-11,15H,4-5,8-9,12H2,1-3H3,(H,21,26)(H,22,25). The van der Waals surface area contributed by atoms with E-state index < -0.39 is 0 Å². The fourth-order valence-corrected chi connectivity index (χ4v) is 3.55. The predicted molar refractivity (Wildman–Crippen MR) is 101 cm³/mol. The number of rotatable bonds is 5. The summed E-state index contributed by atoms with van der Waals surface area (Å²) in [7, 11) is 1.87. The molecule has 2 amide bonds. The summed E-state index contributed by atoms with van der Waals surface area (Å²) in [5.74, 6) is -0.271. The minimum atomic E-state index is -0.148. The van der Waals surface area contributed by atoms with Gasteiger partial charge in [0.15, 0.2) is 0 Å². The molecule has 1 aromatic carbocycles. The molecule has 1 aliphatic carbocycles. The van der Waals surface area contributed by atoms with Crippen molar-refractivity contribution >= 4 is 17.5 Å². The fraction of sp³-hybridized carbons (Fsp3) is 0.450. The lowest BCUT2D eigenvalue weighted by molar-refractivity contribution is -0.115. The molecule has 1 fully saturated rings. The molecule has 2 aromatic rings. The second kappa shape index (κ2) is 7.72. The molecule has 1 aliphatic rings. The molecule has 0 unspecified atom stereocenters. The minimum Gasteiger partial charge on any atom is -0.349 e. The van der Waals surface area contributed by atoms with Crippen LogP contribution in [0.1, 0.15) is 53.0 Å². The van der Waals surface area contributed by atoms with E-state index in [0.29, 0.717) is 11.3 Å². The van der Waals surface area contributed by atoms with Crippen LogP contribution < -0.4 is 10.6 Å². The van der Waals surface area contributed by atoms with Crippen molar-refractivity contribution in [3.8, 4) is 0 Å². The molecule has 0 aliphatic heterocycles. The number of para-hydroxylation sites is 1. The van der Waals surface area contributed by atoms with Crippen LogP contribution in [0.4, 0.5) is 5.69 Å². The van der Waals surface area contributed by atoms with Gasteiger partial charge < -0.3 is 10.6 Å². The van der Waals surface area contributed by atoms with Crippen LogP contribution in [-0.2, 0) is 18.3 Å². The second-order valence-electron chi connectivity index (χ2n) is 7.00. The molecule has 0 spiro atoms. The molecule has 6 heteroatoms. The largest absolute Gasteiger partial charge is 0.349 e. The van der Waals surface area contributed by atoms with E-state index in [4.69, 9.17) is 0 Å². The van der Waals surface area contributed by atoms with Crippen LogP contribution in [0.2, 0.25) is 0 Å². The highest BCUT2D eigenvalue weighted by Gasteiger charge is 2.20. The van der Waals surface area contributed by atoms with Gasteiger partial charge in [0.25, 0.3) is 5.91 Å². The summed E-state index contributed by atoms with van der Waals surface area (Å²) in [6.45, 7) is 3.85. The Labute approximate surface area is 154 Å².